The van der Waals surface area contributed by atoms with Crippen molar-refractivity contribution in [1.29, 1.82) is 0 Å². The first-order valence-electron chi connectivity index (χ1n) is 6.85. The second-order valence-electron chi connectivity index (χ2n) is 4.96. The molecule has 0 aliphatic heterocycles. The summed E-state index contributed by atoms with van der Waals surface area (Å²) in [5, 5.41) is 9.46. The van der Waals surface area contributed by atoms with Crippen LogP contribution in [0.2, 0.25) is 0 Å². The summed E-state index contributed by atoms with van der Waals surface area (Å²) in [5.74, 6) is -2.11. The van der Waals surface area contributed by atoms with Gasteiger partial charge >= 0.3 is 11.9 Å². The van der Waals surface area contributed by atoms with Gasteiger partial charge < -0.3 is 14.6 Å². The van der Waals surface area contributed by atoms with Gasteiger partial charge in [-0.1, -0.05) is 13.8 Å². The Morgan fingerprint density at radius 1 is 1.21 bits per heavy atom. The molecule has 1 N–H and O–H groups in total. The molecular weight excluding hydrogens is 248 g/mol. The van der Waals surface area contributed by atoms with Crippen LogP contribution in [0.3, 0.4) is 0 Å². The minimum atomic E-state index is -1.48. The molecule has 0 bridgehead atoms. The van der Waals surface area contributed by atoms with Gasteiger partial charge in [0.15, 0.2) is 5.41 Å². The zero-order valence-corrected chi connectivity index (χ0v) is 12.6. The highest BCUT2D eigenvalue weighted by Crippen LogP contribution is 2.36. The number of carboxylic acid groups (broad SMARTS) is 1. The Kier molecular flexibility index (Phi) is 7.68. The zero-order valence-electron chi connectivity index (χ0n) is 12.6. The van der Waals surface area contributed by atoms with Crippen LogP contribution in [0.25, 0.3) is 0 Å². The van der Waals surface area contributed by atoms with Crippen LogP contribution in [-0.4, -0.2) is 36.4 Å². The molecule has 5 nitrogen and oxygen atoms in total. The largest absolute Gasteiger partial charge is 0.480 e. The van der Waals surface area contributed by atoms with E-state index in [9.17, 15) is 14.7 Å². The fourth-order valence-corrected chi connectivity index (χ4v) is 2.13. The SMILES string of the molecule is CCOC(=O)C(CC)(C(=O)O)C(C)CCOC(C)C. The molecular formula is C14H26O5. The summed E-state index contributed by atoms with van der Waals surface area (Å²) in [6, 6.07) is 0. The standard InChI is InChI=1S/C14H26O5/c1-6-14(12(15)16,13(17)18-7-2)11(5)8-9-19-10(3)4/h10-11H,6-9H2,1-5H3,(H,15,16). The van der Waals surface area contributed by atoms with Crippen molar-refractivity contribution in [2.24, 2.45) is 11.3 Å². The molecule has 0 spiro atoms. The molecule has 2 unspecified atom stereocenters. The smallest absolute Gasteiger partial charge is 0.323 e. The van der Waals surface area contributed by atoms with Crippen LogP contribution in [0, 0.1) is 11.3 Å². The Morgan fingerprint density at radius 2 is 1.79 bits per heavy atom. The van der Waals surface area contributed by atoms with E-state index in [-0.39, 0.29) is 25.0 Å². The van der Waals surface area contributed by atoms with Crippen LogP contribution in [0.1, 0.15) is 47.5 Å². The molecule has 0 amide bonds. The number of carboxylic acids is 1. The van der Waals surface area contributed by atoms with Gasteiger partial charge in [-0.15, -0.1) is 0 Å². The van der Waals surface area contributed by atoms with Crippen molar-refractivity contribution in [3.63, 3.8) is 0 Å². The lowest BCUT2D eigenvalue weighted by Crippen LogP contribution is -2.46. The number of hydrogen-bond donors (Lipinski definition) is 1. The van der Waals surface area contributed by atoms with Crippen molar-refractivity contribution in [3.05, 3.63) is 0 Å². The minimum Gasteiger partial charge on any atom is -0.480 e. The lowest BCUT2D eigenvalue weighted by atomic mass is 9.72. The number of aliphatic carboxylic acids is 1. The Balaban J connectivity index is 4.92. The average Bonchev–Trinajstić information content (AvgIpc) is 2.29. The number of carbonyl (C=O) groups excluding carboxylic acids is 1. The third-order valence-electron chi connectivity index (χ3n) is 3.42. The highest BCUT2D eigenvalue weighted by atomic mass is 16.5. The quantitative estimate of drug-likeness (QED) is 0.516. The Hall–Kier alpha value is -1.10. The van der Waals surface area contributed by atoms with E-state index in [1.807, 2.05) is 13.8 Å². The topological polar surface area (TPSA) is 72.8 Å². The van der Waals surface area contributed by atoms with Crippen molar-refractivity contribution >= 4 is 11.9 Å². The van der Waals surface area contributed by atoms with Crippen LogP contribution < -0.4 is 0 Å². The minimum absolute atomic E-state index is 0.0932. The molecule has 0 rings (SSSR count). The maximum absolute atomic E-state index is 12.0. The van der Waals surface area contributed by atoms with Gasteiger partial charge in [-0.2, -0.15) is 0 Å². The zero-order chi connectivity index (χ0) is 15.1. The Bertz CT molecular complexity index is 300. The number of carbonyl (C=O) groups is 2. The van der Waals surface area contributed by atoms with E-state index in [1.54, 1.807) is 20.8 Å². The van der Waals surface area contributed by atoms with E-state index >= 15 is 0 Å². The molecule has 0 radical (unpaired) electrons. The van der Waals surface area contributed by atoms with Crippen LogP contribution in [0.15, 0.2) is 0 Å². The van der Waals surface area contributed by atoms with Crippen molar-refractivity contribution in [2.45, 2.75) is 53.6 Å². The predicted molar refractivity (Wildman–Crippen MR) is 71.9 cm³/mol. The summed E-state index contributed by atoms with van der Waals surface area (Å²) in [6.07, 6.45) is 0.817. The molecule has 5 heteroatoms. The van der Waals surface area contributed by atoms with Gasteiger partial charge in [-0.3, -0.25) is 9.59 Å². The lowest BCUT2D eigenvalue weighted by molar-refractivity contribution is -0.173. The number of hydrogen-bond acceptors (Lipinski definition) is 4. The first kappa shape index (κ1) is 17.9. The molecule has 0 aromatic heterocycles. The number of rotatable bonds is 9. The lowest BCUT2D eigenvalue weighted by Gasteiger charge is -2.32. The molecule has 0 fully saturated rings. The van der Waals surface area contributed by atoms with E-state index in [4.69, 9.17) is 9.47 Å². The highest BCUT2D eigenvalue weighted by Gasteiger charge is 2.50. The monoisotopic (exact) mass is 274 g/mol. The predicted octanol–water partition coefficient (Wildman–Crippen LogP) is 2.48. The molecule has 19 heavy (non-hydrogen) atoms. The summed E-state index contributed by atoms with van der Waals surface area (Å²) in [4.78, 5) is 23.6. The van der Waals surface area contributed by atoms with Crippen LogP contribution in [0.5, 0.6) is 0 Å². The van der Waals surface area contributed by atoms with Crippen molar-refractivity contribution in [2.75, 3.05) is 13.2 Å². The van der Waals surface area contributed by atoms with Gasteiger partial charge in [0.05, 0.1) is 12.7 Å². The molecule has 0 aliphatic carbocycles. The van der Waals surface area contributed by atoms with Gasteiger partial charge in [-0.05, 0) is 39.5 Å². The van der Waals surface area contributed by atoms with E-state index in [2.05, 4.69) is 0 Å². The molecule has 112 valence electrons. The second kappa shape index (κ2) is 8.15. The molecule has 0 aromatic carbocycles. The maximum Gasteiger partial charge on any atom is 0.323 e. The molecule has 0 aromatic rings. The van der Waals surface area contributed by atoms with Gasteiger partial charge in [-0.25, -0.2) is 0 Å². The summed E-state index contributed by atoms with van der Waals surface area (Å²) >= 11 is 0. The first-order chi connectivity index (χ1) is 8.82. The van der Waals surface area contributed by atoms with Crippen molar-refractivity contribution in [1.82, 2.24) is 0 Å². The molecule has 0 heterocycles. The van der Waals surface area contributed by atoms with Crippen LogP contribution in [-0.2, 0) is 19.1 Å². The van der Waals surface area contributed by atoms with Gasteiger partial charge in [0, 0.05) is 6.61 Å². The van der Waals surface area contributed by atoms with Gasteiger partial charge in [0.1, 0.15) is 0 Å². The number of ether oxygens (including phenoxy) is 2. The Labute approximate surface area is 115 Å². The summed E-state index contributed by atoms with van der Waals surface area (Å²) < 4.78 is 10.4. The molecule has 0 aliphatic rings. The van der Waals surface area contributed by atoms with Gasteiger partial charge in [0.2, 0.25) is 0 Å². The first-order valence-corrected chi connectivity index (χ1v) is 6.85. The normalized spacial score (nSPS) is 15.9. The fourth-order valence-electron chi connectivity index (χ4n) is 2.13. The Morgan fingerprint density at radius 3 is 2.16 bits per heavy atom. The third-order valence-corrected chi connectivity index (χ3v) is 3.42. The van der Waals surface area contributed by atoms with E-state index in [1.165, 1.54) is 0 Å². The second-order valence-corrected chi connectivity index (χ2v) is 4.96. The highest BCUT2D eigenvalue weighted by molar-refractivity contribution is 5.99. The van der Waals surface area contributed by atoms with Crippen LogP contribution in [0.4, 0.5) is 0 Å². The molecule has 0 saturated heterocycles. The summed E-state index contributed by atoms with van der Waals surface area (Å²) in [5.41, 5.74) is -1.48. The summed E-state index contributed by atoms with van der Waals surface area (Å²) in [7, 11) is 0. The molecule has 2 atom stereocenters. The van der Waals surface area contributed by atoms with Crippen molar-refractivity contribution in [3.8, 4) is 0 Å². The molecule has 0 saturated carbocycles. The fraction of sp³-hybridized carbons (Fsp3) is 0.857. The van der Waals surface area contributed by atoms with E-state index in [0.29, 0.717) is 13.0 Å². The third kappa shape index (κ3) is 4.49. The van der Waals surface area contributed by atoms with Gasteiger partial charge in [0.25, 0.3) is 0 Å². The van der Waals surface area contributed by atoms with Crippen LogP contribution >= 0.6 is 0 Å². The summed E-state index contributed by atoms with van der Waals surface area (Å²) in [6.45, 7) is 9.59. The van der Waals surface area contributed by atoms with E-state index < -0.39 is 17.4 Å². The van der Waals surface area contributed by atoms with Crippen molar-refractivity contribution < 1.29 is 24.2 Å². The van der Waals surface area contributed by atoms with E-state index in [0.717, 1.165) is 0 Å². The average molecular weight is 274 g/mol. The number of esters is 1. The maximum atomic E-state index is 12.0.